The summed E-state index contributed by atoms with van der Waals surface area (Å²) >= 11 is 0. The average Bonchev–Trinajstić information content (AvgIpc) is 2.98. The molecule has 0 aromatic heterocycles. The van der Waals surface area contributed by atoms with Crippen LogP contribution in [0.3, 0.4) is 0 Å². The van der Waals surface area contributed by atoms with Gasteiger partial charge in [0.2, 0.25) is 0 Å². The summed E-state index contributed by atoms with van der Waals surface area (Å²) in [5, 5.41) is 0. The molecule has 0 spiro atoms. The first-order chi connectivity index (χ1) is 6.86. The number of rotatable bonds is 4. The number of hydrogen-bond donors (Lipinski definition) is 0. The van der Waals surface area contributed by atoms with Gasteiger partial charge < -0.3 is 0 Å². The molecule has 0 nitrogen and oxygen atoms in total. The first kappa shape index (κ1) is 9.26. The van der Waals surface area contributed by atoms with Crippen LogP contribution in [0.1, 0.15) is 37.3 Å². The SMILES string of the molecule is C=Cc1ccccc1C1=C(CCC)C1. The molecule has 0 radical (unpaired) electrons. The van der Waals surface area contributed by atoms with Crippen molar-refractivity contribution in [1.29, 1.82) is 0 Å². The van der Waals surface area contributed by atoms with Crippen LogP contribution in [0.5, 0.6) is 0 Å². The molecule has 1 aromatic rings. The van der Waals surface area contributed by atoms with E-state index in [4.69, 9.17) is 0 Å². The molecule has 14 heavy (non-hydrogen) atoms. The summed E-state index contributed by atoms with van der Waals surface area (Å²) in [4.78, 5) is 0. The van der Waals surface area contributed by atoms with Crippen molar-refractivity contribution in [1.82, 2.24) is 0 Å². The predicted molar refractivity (Wildman–Crippen MR) is 63.0 cm³/mol. The third-order valence-corrected chi connectivity index (χ3v) is 2.75. The Morgan fingerprint density at radius 1 is 1.36 bits per heavy atom. The van der Waals surface area contributed by atoms with Crippen LogP contribution in [0.2, 0.25) is 0 Å². The van der Waals surface area contributed by atoms with Crippen molar-refractivity contribution >= 4 is 11.6 Å². The summed E-state index contributed by atoms with van der Waals surface area (Å²) in [7, 11) is 0. The molecule has 0 heterocycles. The number of hydrogen-bond acceptors (Lipinski definition) is 0. The third-order valence-electron chi connectivity index (χ3n) is 2.75. The highest BCUT2D eigenvalue weighted by molar-refractivity contribution is 5.86. The van der Waals surface area contributed by atoms with Crippen molar-refractivity contribution in [3.63, 3.8) is 0 Å². The molecule has 1 aromatic carbocycles. The second-order valence-corrected chi connectivity index (χ2v) is 3.80. The molecule has 1 aliphatic carbocycles. The van der Waals surface area contributed by atoms with Crippen LogP contribution in [0.15, 0.2) is 36.4 Å². The van der Waals surface area contributed by atoms with Gasteiger partial charge in [0, 0.05) is 0 Å². The van der Waals surface area contributed by atoms with Crippen molar-refractivity contribution < 1.29 is 0 Å². The minimum Gasteiger partial charge on any atom is -0.0984 e. The Kier molecular flexibility index (Phi) is 2.53. The second-order valence-electron chi connectivity index (χ2n) is 3.80. The Balaban J connectivity index is 2.30. The first-order valence-corrected chi connectivity index (χ1v) is 5.29. The summed E-state index contributed by atoms with van der Waals surface area (Å²) in [6, 6.07) is 8.52. The molecule has 0 atom stereocenters. The van der Waals surface area contributed by atoms with Gasteiger partial charge in [-0.25, -0.2) is 0 Å². The van der Waals surface area contributed by atoms with E-state index in [2.05, 4.69) is 37.8 Å². The lowest BCUT2D eigenvalue weighted by Crippen LogP contribution is -1.79. The van der Waals surface area contributed by atoms with Gasteiger partial charge in [0.15, 0.2) is 0 Å². The Hall–Kier alpha value is -1.30. The van der Waals surface area contributed by atoms with Crippen LogP contribution in [0.4, 0.5) is 0 Å². The Labute approximate surface area is 86.0 Å². The fraction of sp³-hybridized carbons (Fsp3) is 0.286. The zero-order chi connectivity index (χ0) is 9.97. The molecule has 0 aliphatic heterocycles. The van der Waals surface area contributed by atoms with Crippen molar-refractivity contribution in [2.24, 2.45) is 0 Å². The highest BCUT2D eigenvalue weighted by Gasteiger charge is 2.22. The van der Waals surface area contributed by atoms with Crippen molar-refractivity contribution in [3.05, 3.63) is 47.5 Å². The monoisotopic (exact) mass is 184 g/mol. The van der Waals surface area contributed by atoms with E-state index in [0.717, 1.165) is 0 Å². The maximum absolute atomic E-state index is 3.85. The zero-order valence-electron chi connectivity index (χ0n) is 8.72. The minimum atomic E-state index is 1.22. The van der Waals surface area contributed by atoms with Gasteiger partial charge in [0.1, 0.15) is 0 Å². The molecule has 0 fully saturated rings. The van der Waals surface area contributed by atoms with Gasteiger partial charge in [-0.15, -0.1) is 0 Å². The van der Waals surface area contributed by atoms with Crippen molar-refractivity contribution in [2.45, 2.75) is 26.2 Å². The summed E-state index contributed by atoms with van der Waals surface area (Å²) in [5.41, 5.74) is 5.86. The fourth-order valence-electron chi connectivity index (χ4n) is 1.95. The van der Waals surface area contributed by atoms with E-state index in [-0.39, 0.29) is 0 Å². The van der Waals surface area contributed by atoms with Crippen molar-refractivity contribution in [2.75, 3.05) is 0 Å². The van der Waals surface area contributed by atoms with E-state index >= 15 is 0 Å². The Morgan fingerprint density at radius 3 is 2.86 bits per heavy atom. The van der Waals surface area contributed by atoms with Gasteiger partial charge in [-0.1, -0.05) is 55.8 Å². The minimum absolute atomic E-state index is 1.22. The van der Waals surface area contributed by atoms with Gasteiger partial charge in [0.05, 0.1) is 0 Å². The molecule has 0 unspecified atom stereocenters. The highest BCUT2D eigenvalue weighted by Crippen LogP contribution is 2.43. The molecule has 0 saturated heterocycles. The zero-order valence-corrected chi connectivity index (χ0v) is 8.72. The molecule has 0 saturated carbocycles. The van der Waals surface area contributed by atoms with Gasteiger partial charge in [0.25, 0.3) is 0 Å². The van der Waals surface area contributed by atoms with Crippen LogP contribution in [0, 0.1) is 0 Å². The largest absolute Gasteiger partial charge is 0.0984 e. The maximum Gasteiger partial charge on any atom is -0.00551 e. The lowest BCUT2D eigenvalue weighted by Gasteiger charge is -1.99. The normalized spacial score (nSPS) is 14.4. The van der Waals surface area contributed by atoms with Gasteiger partial charge in [-0.05, 0) is 29.5 Å². The lowest BCUT2D eigenvalue weighted by molar-refractivity contribution is 0.928. The van der Waals surface area contributed by atoms with Crippen LogP contribution >= 0.6 is 0 Å². The summed E-state index contributed by atoms with van der Waals surface area (Å²) < 4.78 is 0. The lowest BCUT2D eigenvalue weighted by atomic mass is 10.1. The Morgan fingerprint density at radius 2 is 2.14 bits per heavy atom. The molecule has 0 bridgehead atoms. The second kappa shape index (κ2) is 3.83. The first-order valence-electron chi connectivity index (χ1n) is 5.29. The van der Waals surface area contributed by atoms with E-state index in [1.165, 1.54) is 30.4 Å². The molecule has 0 N–H and O–H groups in total. The topological polar surface area (TPSA) is 0 Å². The van der Waals surface area contributed by atoms with E-state index in [0.29, 0.717) is 0 Å². The van der Waals surface area contributed by atoms with Gasteiger partial charge >= 0.3 is 0 Å². The van der Waals surface area contributed by atoms with Crippen LogP contribution in [0.25, 0.3) is 11.6 Å². The quantitative estimate of drug-likeness (QED) is 0.655. The number of allylic oxidation sites excluding steroid dienone is 2. The molecule has 0 heteroatoms. The van der Waals surface area contributed by atoms with Crippen LogP contribution in [-0.2, 0) is 0 Å². The van der Waals surface area contributed by atoms with Crippen molar-refractivity contribution in [3.8, 4) is 0 Å². The Bertz CT molecular complexity index is 383. The molecule has 0 amide bonds. The maximum atomic E-state index is 3.85. The number of benzene rings is 1. The average molecular weight is 184 g/mol. The standard InChI is InChI=1S/C14H16/c1-3-7-12-10-14(12)13-9-6-5-8-11(13)4-2/h4-6,8-9H,2-3,7,10H2,1H3. The highest BCUT2D eigenvalue weighted by atomic mass is 14.3. The fourth-order valence-corrected chi connectivity index (χ4v) is 1.95. The van der Waals surface area contributed by atoms with E-state index < -0.39 is 0 Å². The van der Waals surface area contributed by atoms with E-state index in [1.54, 1.807) is 11.1 Å². The summed E-state index contributed by atoms with van der Waals surface area (Å²) in [6.45, 7) is 6.09. The molecule has 72 valence electrons. The van der Waals surface area contributed by atoms with Crippen LogP contribution < -0.4 is 0 Å². The molecule has 2 rings (SSSR count). The molecule has 1 aliphatic rings. The smallest absolute Gasteiger partial charge is 0.00551 e. The third kappa shape index (κ3) is 1.65. The predicted octanol–water partition coefficient (Wildman–Crippen LogP) is 4.29. The van der Waals surface area contributed by atoms with Crippen LogP contribution in [-0.4, -0.2) is 0 Å². The van der Waals surface area contributed by atoms with E-state index in [1.807, 2.05) is 6.08 Å². The van der Waals surface area contributed by atoms with E-state index in [9.17, 15) is 0 Å². The summed E-state index contributed by atoms with van der Waals surface area (Å²) in [5.74, 6) is 0. The van der Waals surface area contributed by atoms with Gasteiger partial charge in [-0.2, -0.15) is 0 Å². The molecular formula is C14H16. The summed E-state index contributed by atoms with van der Waals surface area (Å²) in [6.07, 6.45) is 5.69. The van der Waals surface area contributed by atoms with Gasteiger partial charge in [-0.3, -0.25) is 0 Å². The molecular weight excluding hydrogens is 168 g/mol.